The largest absolute Gasteiger partial charge is 0.497 e. The van der Waals surface area contributed by atoms with Crippen LogP contribution in [-0.4, -0.2) is 119 Å². The molecule has 0 spiro atoms. The van der Waals surface area contributed by atoms with Crippen molar-refractivity contribution >= 4 is 46.8 Å². The molecule has 5 aromatic rings. The van der Waals surface area contributed by atoms with Crippen LogP contribution in [0.1, 0.15) is 81.8 Å². The monoisotopic (exact) mass is 953 g/mol. The Kier molecular flexibility index (Phi) is 14.1. The fourth-order valence-corrected chi connectivity index (χ4v) is 10.6. The number of fused-ring (bicyclic) bond motifs is 5. The molecular weight excluding hydrogens is 891 g/mol. The zero-order chi connectivity index (χ0) is 49.2. The Morgan fingerprint density at radius 3 is 2.47 bits per heavy atom. The molecule has 2 aromatic heterocycles. The Morgan fingerprint density at radius 1 is 0.900 bits per heavy atom. The van der Waals surface area contributed by atoms with Crippen LogP contribution in [0.15, 0.2) is 76.8 Å². The van der Waals surface area contributed by atoms with Crippen molar-refractivity contribution in [1.82, 2.24) is 35.0 Å². The summed E-state index contributed by atoms with van der Waals surface area (Å²) in [6.07, 6.45) is 6.43. The number of hydrogen-bond acceptors (Lipinski definition) is 11. The van der Waals surface area contributed by atoms with Crippen molar-refractivity contribution in [1.29, 1.82) is 0 Å². The van der Waals surface area contributed by atoms with Gasteiger partial charge in [-0.05, 0) is 104 Å². The SMILES string of the molecule is COC(=O)N=CC(C(=O)N1CCCC1C1N=C(c2ccc3c(c2)OCn2c-3c(CCc3cccc(OC)c3)c3cc(-c4ncc(C5CCCN5C(=O)C(NC(=O)OC)C(C)C)[nH]4)ccc32)CN1)C(C)C. The summed E-state index contributed by atoms with van der Waals surface area (Å²) in [4.78, 5) is 73.0. The predicted octanol–water partition coefficient (Wildman–Crippen LogP) is 7.71. The van der Waals surface area contributed by atoms with Gasteiger partial charge >= 0.3 is 12.2 Å². The van der Waals surface area contributed by atoms with Gasteiger partial charge in [0.1, 0.15) is 29.5 Å². The van der Waals surface area contributed by atoms with Crippen molar-refractivity contribution in [3.05, 3.63) is 89.2 Å². The number of H-pyrrole nitrogens is 1. The number of carbonyl (C=O) groups excluding carboxylic acids is 4. The van der Waals surface area contributed by atoms with Crippen LogP contribution in [0.25, 0.3) is 33.5 Å². The van der Waals surface area contributed by atoms with Gasteiger partial charge in [0.25, 0.3) is 0 Å². The molecule has 368 valence electrons. The van der Waals surface area contributed by atoms with E-state index in [0.717, 1.165) is 100 Å². The van der Waals surface area contributed by atoms with Gasteiger partial charge in [-0.3, -0.25) is 19.9 Å². The van der Waals surface area contributed by atoms with Crippen LogP contribution in [0.5, 0.6) is 11.5 Å². The number of hydrogen-bond donors (Lipinski definition) is 3. The van der Waals surface area contributed by atoms with Gasteiger partial charge in [-0.2, -0.15) is 4.99 Å². The van der Waals surface area contributed by atoms with E-state index in [2.05, 4.69) is 78.4 Å². The van der Waals surface area contributed by atoms with E-state index in [4.69, 9.17) is 24.2 Å². The van der Waals surface area contributed by atoms with Gasteiger partial charge in [-0.25, -0.2) is 14.6 Å². The summed E-state index contributed by atoms with van der Waals surface area (Å²) >= 11 is 0. The molecule has 0 aliphatic carbocycles. The highest BCUT2D eigenvalue weighted by molar-refractivity contribution is 6.05. The number of nitrogens with zero attached hydrogens (tertiary/aromatic N) is 6. The molecule has 2 fully saturated rings. The predicted molar refractivity (Wildman–Crippen MR) is 266 cm³/mol. The summed E-state index contributed by atoms with van der Waals surface area (Å²) in [5.41, 5.74) is 9.11. The Bertz CT molecular complexity index is 2850. The number of nitrogens with one attached hydrogen (secondary N) is 3. The first-order valence-electron chi connectivity index (χ1n) is 24.4. The van der Waals surface area contributed by atoms with Crippen LogP contribution in [0.3, 0.4) is 0 Å². The van der Waals surface area contributed by atoms with Crippen molar-refractivity contribution in [2.24, 2.45) is 27.7 Å². The Morgan fingerprint density at radius 2 is 1.70 bits per heavy atom. The lowest BCUT2D eigenvalue weighted by molar-refractivity contribution is -0.136. The molecule has 2 saturated heterocycles. The number of ether oxygens (including phenoxy) is 4. The first-order chi connectivity index (χ1) is 33.9. The van der Waals surface area contributed by atoms with Crippen molar-refractivity contribution in [2.45, 2.75) is 97.2 Å². The van der Waals surface area contributed by atoms with Crippen LogP contribution in [0.2, 0.25) is 0 Å². The molecule has 4 aliphatic heterocycles. The Labute approximate surface area is 408 Å². The highest BCUT2D eigenvalue weighted by Crippen LogP contribution is 2.44. The first kappa shape index (κ1) is 48.0. The normalized spacial score (nSPS) is 19.6. The van der Waals surface area contributed by atoms with E-state index in [9.17, 15) is 19.2 Å². The third-order valence-corrected chi connectivity index (χ3v) is 14.3. The summed E-state index contributed by atoms with van der Waals surface area (Å²) in [6.45, 7) is 9.79. The first-order valence-corrected chi connectivity index (χ1v) is 24.4. The Hall–Kier alpha value is -7.01. The molecule has 3 aromatic carbocycles. The molecule has 5 unspecified atom stereocenters. The third kappa shape index (κ3) is 9.50. The molecule has 5 atom stereocenters. The highest BCUT2D eigenvalue weighted by atomic mass is 16.5. The quantitative estimate of drug-likeness (QED) is 0.0929. The molecule has 4 amide bonds. The maximum atomic E-state index is 13.9. The average Bonchev–Trinajstić information content (AvgIpc) is 4.24. The number of imidazole rings is 1. The molecule has 0 bridgehead atoms. The fourth-order valence-electron chi connectivity index (χ4n) is 10.6. The molecule has 3 N–H and O–H groups in total. The number of benzene rings is 3. The van der Waals surface area contributed by atoms with E-state index in [1.165, 1.54) is 26.0 Å². The van der Waals surface area contributed by atoms with Crippen molar-refractivity contribution < 1.29 is 38.1 Å². The van der Waals surface area contributed by atoms with Gasteiger partial charge in [0.15, 0.2) is 6.73 Å². The zero-order valence-electron chi connectivity index (χ0n) is 41.0. The van der Waals surface area contributed by atoms with Crippen molar-refractivity contribution in [2.75, 3.05) is 41.0 Å². The van der Waals surface area contributed by atoms with Crippen LogP contribution in [0.4, 0.5) is 9.59 Å². The number of rotatable bonds is 14. The van der Waals surface area contributed by atoms with Gasteiger partial charge < -0.3 is 43.6 Å². The summed E-state index contributed by atoms with van der Waals surface area (Å²) in [5, 5.41) is 7.41. The molecule has 9 rings (SSSR count). The second-order valence-electron chi connectivity index (χ2n) is 19.2. The lowest BCUT2D eigenvalue weighted by atomic mass is 9.95. The van der Waals surface area contributed by atoms with Crippen LogP contribution < -0.4 is 20.1 Å². The standard InChI is InChI=1S/C53H63N9O8/c1-30(2)39(26-56-52(65)68-6)50(63)61-22-10-14-44(61)49-55-27-40(57-49)33-16-19-37-45(25-33)70-29-62-42-20-17-34(24-38(42)36(47(37)62)18-15-32-11-8-12-35(23-32)67-5)48-54-28-41(58-48)43-13-9-21-60(43)51(64)46(31(3)4)59-53(66)69-7/h8,11-12,16-17,19-20,23-26,28,30-31,39,43-44,46,49,55H,9-10,13-15,18,21-22,27,29H2,1-7H3,(H,54,58)(H,59,66). The molecule has 0 radical (unpaired) electrons. The minimum atomic E-state index is -0.727. The average molecular weight is 954 g/mol. The number of aryl methyl sites for hydroxylation is 2. The van der Waals surface area contributed by atoms with Gasteiger partial charge in [0.2, 0.25) is 11.8 Å². The lowest BCUT2D eigenvalue weighted by Crippen LogP contribution is -2.51. The van der Waals surface area contributed by atoms with Gasteiger partial charge in [-0.15, -0.1) is 0 Å². The number of carbonyl (C=O) groups is 4. The smallest absolute Gasteiger partial charge is 0.432 e. The van der Waals surface area contributed by atoms with Gasteiger partial charge in [0, 0.05) is 47.9 Å². The minimum Gasteiger partial charge on any atom is -0.497 e. The van der Waals surface area contributed by atoms with Crippen LogP contribution in [0, 0.1) is 17.8 Å². The van der Waals surface area contributed by atoms with Crippen LogP contribution in [-0.2, 0) is 38.6 Å². The number of methoxy groups -OCH3 is 3. The van der Waals surface area contributed by atoms with Crippen molar-refractivity contribution in [3.8, 4) is 34.1 Å². The molecule has 17 nitrogen and oxygen atoms in total. The minimum absolute atomic E-state index is 0.0581. The summed E-state index contributed by atoms with van der Waals surface area (Å²) in [7, 11) is 4.25. The topological polar surface area (TPSA) is 194 Å². The molecule has 0 saturated carbocycles. The number of alkyl carbamates (subject to hydrolysis) is 1. The maximum absolute atomic E-state index is 13.9. The number of aromatic amines is 1. The molecular formula is C53H63N9O8. The fraction of sp³-hybridized carbons (Fsp3) is 0.453. The lowest BCUT2D eigenvalue weighted by Gasteiger charge is -2.31. The molecule has 4 aliphatic rings. The van der Waals surface area contributed by atoms with E-state index >= 15 is 0 Å². The number of aromatic nitrogens is 3. The number of likely N-dealkylation sites (tertiary alicyclic amines) is 2. The van der Waals surface area contributed by atoms with Crippen molar-refractivity contribution in [3.63, 3.8) is 0 Å². The number of amides is 4. The zero-order valence-corrected chi connectivity index (χ0v) is 41.0. The van der Waals surface area contributed by atoms with E-state index in [0.29, 0.717) is 32.2 Å². The van der Waals surface area contributed by atoms with E-state index in [-0.39, 0.29) is 41.9 Å². The summed E-state index contributed by atoms with van der Waals surface area (Å²) in [5.74, 6) is 1.34. The number of aliphatic imine (C=N–C) groups is 2. The summed E-state index contributed by atoms with van der Waals surface area (Å²) in [6, 6.07) is 19.9. The third-order valence-electron chi connectivity index (χ3n) is 14.3. The highest BCUT2D eigenvalue weighted by Gasteiger charge is 2.40. The van der Waals surface area contributed by atoms with Gasteiger partial charge in [0.05, 0.1) is 68.1 Å². The maximum Gasteiger partial charge on any atom is 0.432 e. The van der Waals surface area contributed by atoms with E-state index < -0.39 is 24.1 Å². The second-order valence-corrected chi connectivity index (χ2v) is 19.2. The molecule has 70 heavy (non-hydrogen) atoms. The Balaban J connectivity index is 1.01. The molecule has 17 heteroatoms. The molecule has 6 heterocycles. The van der Waals surface area contributed by atoms with E-state index in [1.54, 1.807) is 7.11 Å². The second kappa shape index (κ2) is 20.5. The van der Waals surface area contributed by atoms with Gasteiger partial charge in [-0.1, -0.05) is 45.9 Å². The summed E-state index contributed by atoms with van der Waals surface area (Å²) < 4.78 is 23.9. The van der Waals surface area contributed by atoms with Crippen LogP contribution >= 0.6 is 0 Å². The van der Waals surface area contributed by atoms with E-state index in [1.807, 2.05) is 55.8 Å².